The largest absolute Gasteiger partial charge is 0.352 e. The number of hydrogen-bond donors (Lipinski definition) is 1. The first-order chi connectivity index (χ1) is 20.1. The molecule has 1 aliphatic rings. The first-order valence-electron chi connectivity index (χ1n) is 14.0. The van der Waals surface area contributed by atoms with E-state index < -0.39 is 28.5 Å². The molecule has 0 aromatic heterocycles. The molecule has 0 saturated heterocycles. The Morgan fingerprint density at radius 3 is 2.10 bits per heavy atom. The van der Waals surface area contributed by atoms with Crippen molar-refractivity contribution in [3.8, 4) is 0 Å². The summed E-state index contributed by atoms with van der Waals surface area (Å²) < 4.78 is 28.8. The van der Waals surface area contributed by atoms with Gasteiger partial charge in [0, 0.05) is 27.7 Å². The molecule has 1 unspecified atom stereocenters. The molecule has 42 heavy (non-hydrogen) atoms. The van der Waals surface area contributed by atoms with Crippen LogP contribution in [0.15, 0.2) is 77.7 Å². The lowest BCUT2D eigenvalue weighted by Gasteiger charge is -2.34. The van der Waals surface area contributed by atoms with Crippen molar-refractivity contribution in [2.45, 2.75) is 69.0 Å². The van der Waals surface area contributed by atoms with E-state index in [1.807, 2.05) is 6.92 Å². The summed E-state index contributed by atoms with van der Waals surface area (Å²) in [4.78, 5) is 29.2. The smallest absolute Gasteiger partial charge is 0.264 e. The van der Waals surface area contributed by atoms with Gasteiger partial charge in [0.15, 0.2) is 0 Å². The number of benzene rings is 3. The van der Waals surface area contributed by atoms with Crippen LogP contribution < -0.4 is 9.62 Å². The molecule has 7 nitrogen and oxygen atoms in total. The number of nitrogens with one attached hydrogen (secondary N) is 1. The van der Waals surface area contributed by atoms with Crippen LogP contribution in [0.25, 0.3) is 0 Å². The van der Waals surface area contributed by atoms with Gasteiger partial charge in [-0.3, -0.25) is 13.9 Å². The van der Waals surface area contributed by atoms with Gasteiger partial charge in [0.1, 0.15) is 12.6 Å². The van der Waals surface area contributed by atoms with E-state index in [0.29, 0.717) is 11.4 Å². The summed E-state index contributed by atoms with van der Waals surface area (Å²) in [6, 6.07) is 18.4. The minimum absolute atomic E-state index is 0.000215. The number of anilines is 1. The Bertz CT molecular complexity index is 1460. The van der Waals surface area contributed by atoms with Crippen molar-refractivity contribution in [3.05, 3.63) is 93.4 Å². The van der Waals surface area contributed by atoms with Gasteiger partial charge in [-0.05, 0) is 67.3 Å². The maximum absolute atomic E-state index is 14.2. The van der Waals surface area contributed by atoms with Gasteiger partial charge >= 0.3 is 0 Å². The summed E-state index contributed by atoms with van der Waals surface area (Å²) in [6.45, 7) is 1.35. The van der Waals surface area contributed by atoms with E-state index in [4.69, 9.17) is 34.8 Å². The van der Waals surface area contributed by atoms with E-state index in [1.165, 1.54) is 35.2 Å². The molecule has 0 spiro atoms. The lowest BCUT2D eigenvalue weighted by Crippen LogP contribution is -2.54. The highest BCUT2D eigenvalue weighted by molar-refractivity contribution is 7.92. The highest BCUT2D eigenvalue weighted by Crippen LogP contribution is 2.30. The summed E-state index contributed by atoms with van der Waals surface area (Å²) in [5, 5.41) is 4.11. The van der Waals surface area contributed by atoms with Crippen molar-refractivity contribution in [2.24, 2.45) is 0 Å². The first-order valence-corrected chi connectivity index (χ1v) is 16.5. The third-order valence-electron chi connectivity index (χ3n) is 7.35. The van der Waals surface area contributed by atoms with Crippen molar-refractivity contribution < 1.29 is 18.0 Å². The highest BCUT2D eigenvalue weighted by atomic mass is 35.5. The normalized spacial score (nSPS) is 14.7. The topological polar surface area (TPSA) is 86.8 Å². The predicted molar refractivity (Wildman–Crippen MR) is 169 cm³/mol. The highest BCUT2D eigenvalue weighted by Gasteiger charge is 2.34. The van der Waals surface area contributed by atoms with Crippen molar-refractivity contribution in [1.82, 2.24) is 10.2 Å². The van der Waals surface area contributed by atoms with Gasteiger partial charge in [-0.1, -0.05) is 91.3 Å². The molecule has 0 radical (unpaired) electrons. The Balaban J connectivity index is 1.71. The average Bonchev–Trinajstić information content (AvgIpc) is 2.97. The maximum Gasteiger partial charge on any atom is 0.264 e. The molecule has 1 fully saturated rings. The summed E-state index contributed by atoms with van der Waals surface area (Å²) >= 11 is 18.6. The van der Waals surface area contributed by atoms with Crippen LogP contribution in [0.3, 0.4) is 0 Å². The minimum atomic E-state index is -4.22. The minimum Gasteiger partial charge on any atom is -0.352 e. The Hall–Kier alpha value is -2.78. The molecule has 11 heteroatoms. The molecule has 1 aliphatic carbocycles. The third kappa shape index (κ3) is 8.19. The van der Waals surface area contributed by atoms with Crippen LogP contribution in [0, 0.1) is 0 Å². The number of hydrogen-bond acceptors (Lipinski definition) is 4. The van der Waals surface area contributed by atoms with Crippen LogP contribution in [0.4, 0.5) is 5.69 Å². The maximum atomic E-state index is 14.2. The fraction of sp³-hybridized carbons (Fsp3) is 0.355. The molecule has 1 atom stereocenters. The van der Waals surface area contributed by atoms with E-state index in [-0.39, 0.29) is 39.1 Å². The molecule has 0 bridgehead atoms. The average molecular weight is 651 g/mol. The zero-order valence-electron chi connectivity index (χ0n) is 23.3. The van der Waals surface area contributed by atoms with Crippen LogP contribution in [0.2, 0.25) is 15.1 Å². The van der Waals surface area contributed by atoms with Gasteiger partial charge in [-0.25, -0.2) is 8.42 Å². The number of rotatable bonds is 11. The predicted octanol–water partition coefficient (Wildman–Crippen LogP) is 7.10. The zero-order valence-corrected chi connectivity index (χ0v) is 26.4. The summed E-state index contributed by atoms with van der Waals surface area (Å²) in [6.07, 6.45) is 5.36. The standard InChI is InChI=1S/C31H34Cl3N3O4S/c1-2-29(31(39)35-26-9-5-3-6-10-26)36(20-22-13-15-23(32)16-14-22)30(38)21-37(27-18-24(33)17-25(34)19-27)42(40,41)28-11-7-4-8-12-28/h4,7-8,11-19,26,29H,2-3,5-6,9-10,20-21H2,1H3,(H,35,39). The number of carbonyl (C=O) groups excluding carboxylic acids is 2. The third-order valence-corrected chi connectivity index (χ3v) is 9.83. The monoisotopic (exact) mass is 649 g/mol. The van der Waals surface area contributed by atoms with Crippen LogP contribution in [-0.2, 0) is 26.2 Å². The molecular formula is C31H34Cl3N3O4S. The van der Waals surface area contributed by atoms with E-state index >= 15 is 0 Å². The number of sulfonamides is 1. The number of carbonyl (C=O) groups is 2. The number of amides is 2. The van der Waals surface area contributed by atoms with E-state index in [0.717, 1.165) is 42.0 Å². The first kappa shape index (κ1) is 32.1. The van der Waals surface area contributed by atoms with Gasteiger partial charge < -0.3 is 10.2 Å². The molecule has 1 saturated carbocycles. The van der Waals surface area contributed by atoms with Crippen LogP contribution >= 0.6 is 34.8 Å². The molecule has 3 aromatic rings. The van der Waals surface area contributed by atoms with E-state index in [1.54, 1.807) is 42.5 Å². The lowest BCUT2D eigenvalue weighted by atomic mass is 9.95. The zero-order chi connectivity index (χ0) is 30.3. The number of nitrogens with zero attached hydrogens (tertiary/aromatic N) is 2. The van der Waals surface area contributed by atoms with Gasteiger partial charge in [-0.2, -0.15) is 0 Å². The molecule has 4 rings (SSSR count). The Morgan fingerprint density at radius 1 is 0.881 bits per heavy atom. The fourth-order valence-corrected chi connectivity index (χ4v) is 7.24. The Labute approximate surface area is 262 Å². The molecule has 0 heterocycles. The summed E-state index contributed by atoms with van der Waals surface area (Å²) in [5.41, 5.74) is 0.885. The molecule has 2 amide bonds. The van der Waals surface area contributed by atoms with Gasteiger partial charge in [0.25, 0.3) is 10.0 Å². The molecule has 0 aliphatic heterocycles. The Kier molecular flexibility index (Phi) is 11.2. The fourth-order valence-electron chi connectivity index (χ4n) is 5.18. The Morgan fingerprint density at radius 2 is 1.50 bits per heavy atom. The molecular weight excluding hydrogens is 617 g/mol. The van der Waals surface area contributed by atoms with Crippen LogP contribution in [0.1, 0.15) is 51.0 Å². The van der Waals surface area contributed by atoms with E-state index in [2.05, 4.69) is 5.32 Å². The second-order valence-corrected chi connectivity index (χ2v) is 13.5. The van der Waals surface area contributed by atoms with Crippen LogP contribution in [0.5, 0.6) is 0 Å². The lowest BCUT2D eigenvalue weighted by molar-refractivity contribution is -0.140. The van der Waals surface area contributed by atoms with Crippen molar-refractivity contribution in [2.75, 3.05) is 10.8 Å². The van der Waals surface area contributed by atoms with Gasteiger partial charge in [-0.15, -0.1) is 0 Å². The van der Waals surface area contributed by atoms with Crippen molar-refractivity contribution in [1.29, 1.82) is 0 Å². The summed E-state index contributed by atoms with van der Waals surface area (Å²) in [7, 11) is -4.22. The quantitative estimate of drug-likeness (QED) is 0.240. The van der Waals surface area contributed by atoms with Crippen molar-refractivity contribution in [3.63, 3.8) is 0 Å². The summed E-state index contributed by atoms with van der Waals surface area (Å²) in [5.74, 6) is -0.804. The van der Waals surface area contributed by atoms with E-state index in [9.17, 15) is 18.0 Å². The van der Waals surface area contributed by atoms with Gasteiger partial charge in [0.2, 0.25) is 11.8 Å². The number of halogens is 3. The van der Waals surface area contributed by atoms with Gasteiger partial charge in [0.05, 0.1) is 10.6 Å². The molecule has 224 valence electrons. The second-order valence-electron chi connectivity index (χ2n) is 10.4. The SMILES string of the molecule is CCC(C(=O)NC1CCCCC1)N(Cc1ccc(Cl)cc1)C(=O)CN(c1cc(Cl)cc(Cl)c1)S(=O)(=O)c1ccccc1. The molecule has 3 aromatic carbocycles. The van der Waals surface area contributed by atoms with Crippen molar-refractivity contribution >= 4 is 62.3 Å². The second kappa shape index (κ2) is 14.6. The van der Waals surface area contributed by atoms with Crippen LogP contribution in [-0.4, -0.2) is 43.8 Å². The molecule has 1 N–H and O–H groups in total.